The van der Waals surface area contributed by atoms with Crippen molar-refractivity contribution in [2.45, 2.75) is 17.4 Å². The number of hydrogen-bond donors (Lipinski definition) is 0. The van der Waals surface area contributed by atoms with Gasteiger partial charge in [-0.3, -0.25) is 0 Å². The molecule has 98 valence electrons. The first-order valence-corrected chi connectivity index (χ1v) is 6.92. The van der Waals surface area contributed by atoms with Gasteiger partial charge < -0.3 is 4.74 Å². The van der Waals surface area contributed by atoms with E-state index in [-0.39, 0.29) is 18.1 Å². The van der Waals surface area contributed by atoms with Crippen molar-refractivity contribution in [3.63, 3.8) is 0 Å². The number of fused-ring (bicyclic) bond motifs is 1. The van der Waals surface area contributed by atoms with Crippen molar-refractivity contribution in [3.05, 3.63) is 5.82 Å². The van der Waals surface area contributed by atoms with Crippen LogP contribution in [0.2, 0.25) is 0 Å². The highest BCUT2D eigenvalue weighted by Gasteiger charge is 2.36. The van der Waals surface area contributed by atoms with Gasteiger partial charge in [0.1, 0.15) is 4.70 Å². The van der Waals surface area contributed by atoms with Crippen LogP contribution in [0.3, 0.4) is 0 Å². The second-order valence-electron chi connectivity index (χ2n) is 3.12. The predicted molar refractivity (Wildman–Crippen MR) is 63.2 cm³/mol. The van der Waals surface area contributed by atoms with E-state index in [1.54, 1.807) is 13.2 Å². The number of alkyl halides is 3. The molecule has 0 amide bonds. The Morgan fingerprint density at radius 2 is 2.00 bits per heavy atom. The van der Waals surface area contributed by atoms with E-state index in [1.807, 2.05) is 0 Å². The Balaban J connectivity index is 2.64. The Morgan fingerprint density at radius 1 is 1.28 bits per heavy atom. The van der Waals surface area contributed by atoms with E-state index < -0.39 is 12.0 Å². The Labute approximate surface area is 109 Å². The minimum atomic E-state index is -4.61. The summed E-state index contributed by atoms with van der Waals surface area (Å²) in [5.74, 6) is -1.29. The Kier molecular flexibility index (Phi) is 3.62. The fourth-order valence-electron chi connectivity index (χ4n) is 1.23. The number of rotatable bonds is 3. The first-order chi connectivity index (χ1) is 8.45. The molecule has 0 aliphatic rings. The number of aromatic nitrogens is 3. The van der Waals surface area contributed by atoms with Crippen LogP contribution in [-0.2, 0) is 6.18 Å². The van der Waals surface area contributed by atoms with Crippen LogP contribution in [0.4, 0.5) is 13.2 Å². The summed E-state index contributed by atoms with van der Waals surface area (Å²) in [6.07, 6.45) is -2.82. The molecule has 4 nitrogen and oxygen atoms in total. The highest BCUT2D eigenvalue weighted by Crippen LogP contribution is 2.36. The van der Waals surface area contributed by atoms with Gasteiger partial charge in [0.15, 0.2) is 9.99 Å². The molecule has 0 radical (unpaired) electrons. The minimum Gasteiger partial charge on any atom is -0.477 e. The zero-order valence-corrected chi connectivity index (χ0v) is 11.0. The topological polar surface area (TPSA) is 47.9 Å². The summed E-state index contributed by atoms with van der Waals surface area (Å²) < 4.78 is 44.0. The van der Waals surface area contributed by atoms with Crippen molar-refractivity contribution in [3.8, 4) is 5.88 Å². The summed E-state index contributed by atoms with van der Waals surface area (Å²) in [7, 11) is 0. The molecule has 0 unspecified atom stereocenters. The van der Waals surface area contributed by atoms with Gasteiger partial charge in [0, 0.05) is 0 Å². The zero-order valence-electron chi connectivity index (χ0n) is 9.41. The predicted octanol–water partition coefficient (Wildman–Crippen LogP) is 3.23. The lowest BCUT2D eigenvalue weighted by molar-refractivity contribution is -0.145. The van der Waals surface area contributed by atoms with Crippen LogP contribution in [-0.4, -0.2) is 27.8 Å². The maximum Gasteiger partial charge on any atom is 0.451 e. The molecule has 0 bridgehead atoms. The molecule has 0 saturated carbocycles. The van der Waals surface area contributed by atoms with Gasteiger partial charge in [-0.2, -0.15) is 18.2 Å². The lowest BCUT2D eigenvalue weighted by Crippen LogP contribution is -2.12. The van der Waals surface area contributed by atoms with Gasteiger partial charge in [-0.1, -0.05) is 11.8 Å². The van der Waals surface area contributed by atoms with Gasteiger partial charge >= 0.3 is 6.18 Å². The quantitative estimate of drug-likeness (QED) is 0.814. The van der Waals surface area contributed by atoms with Crippen molar-refractivity contribution in [2.24, 2.45) is 0 Å². The molecule has 0 aliphatic carbocycles. The first-order valence-electron chi connectivity index (χ1n) is 4.88. The largest absolute Gasteiger partial charge is 0.477 e. The smallest absolute Gasteiger partial charge is 0.451 e. The van der Waals surface area contributed by atoms with Gasteiger partial charge in [0.05, 0.1) is 6.61 Å². The molecular formula is C9H8F3N3OS2. The summed E-state index contributed by atoms with van der Waals surface area (Å²) in [6, 6.07) is 0. The molecule has 0 N–H and O–H groups in total. The minimum absolute atomic E-state index is 0.0233. The molecule has 2 rings (SSSR count). The Bertz CT molecular complexity index is 570. The number of halogens is 3. The van der Waals surface area contributed by atoms with E-state index in [9.17, 15) is 13.2 Å². The third-order valence-electron chi connectivity index (χ3n) is 1.91. The van der Waals surface area contributed by atoms with Gasteiger partial charge in [0.2, 0.25) is 11.7 Å². The monoisotopic (exact) mass is 295 g/mol. The van der Waals surface area contributed by atoms with Gasteiger partial charge in [-0.25, -0.2) is 9.97 Å². The molecular weight excluding hydrogens is 287 g/mol. The van der Waals surface area contributed by atoms with Crippen LogP contribution in [0.15, 0.2) is 4.34 Å². The summed E-state index contributed by atoms with van der Waals surface area (Å²) in [5.41, 5.74) is 0.0233. The van der Waals surface area contributed by atoms with Crippen LogP contribution < -0.4 is 4.74 Å². The Morgan fingerprint density at radius 3 is 2.56 bits per heavy atom. The van der Waals surface area contributed by atoms with E-state index in [1.165, 1.54) is 23.1 Å². The fourth-order valence-corrected chi connectivity index (χ4v) is 2.67. The van der Waals surface area contributed by atoms with Crippen molar-refractivity contribution < 1.29 is 17.9 Å². The number of thioether (sulfide) groups is 1. The normalized spacial score (nSPS) is 12.1. The third-order valence-corrected chi connectivity index (χ3v) is 3.93. The molecule has 18 heavy (non-hydrogen) atoms. The molecule has 0 fully saturated rings. The van der Waals surface area contributed by atoms with E-state index in [4.69, 9.17) is 4.74 Å². The molecule has 9 heteroatoms. The van der Waals surface area contributed by atoms with Crippen molar-refractivity contribution in [1.29, 1.82) is 0 Å². The average Bonchev–Trinajstić information content (AvgIpc) is 2.71. The van der Waals surface area contributed by atoms with Crippen LogP contribution >= 0.6 is 23.1 Å². The molecule has 0 aromatic carbocycles. The van der Waals surface area contributed by atoms with Crippen LogP contribution in [0.5, 0.6) is 5.88 Å². The molecule has 2 aromatic rings. The van der Waals surface area contributed by atoms with E-state index in [0.29, 0.717) is 9.04 Å². The van der Waals surface area contributed by atoms with E-state index >= 15 is 0 Å². The lowest BCUT2D eigenvalue weighted by Gasteiger charge is -2.07. The van der Waals surface area contributed by atoms with Crippen LogP contribution in [0.1, 0.15) is 12.7 Å². The van der Waals surface area contributed by atoms with Crippen molar-refractivity contribution >= 4 is 33.4 Å². The fraction of sp³-hybridized carbons (Fsp3) is 0.444. The highest BCUT2D eigenvalue weighted by molar-refractivity contribution is 8.00. The molecule has 0 spiro atoms. The van der Waals surface area contributed by atoms with Crippen molar-refractivity contribution in [1.82, 2.24) is 15.0 Å². The molecule has 0 atom stereocenters. The first kappa shape index (κ1) is 13.3. The third kappa shape index (κ3) is 2.51. The van der Waals surface area contributed by atoms with Crippen LogP contribution in [0.25, 0.3) is 10.3 Å². The maximum absolute atomic E-state index is 12.6. The summed E-state index contributed by atoms with van der Waals surface area (Å²) in [6.45, 7) is 1.91. The number of nitrogens with zero attached hydrogens (tertiary/aromatic N) is 3. The molecule has 0 aliphatic heterocycles. The zero-order chi connectivity index (χ0) is 13.3. The average molecular weight is 295 g/mol. The lowest BCUT2D eigenvalue weighted by atomic mass is 10.5. The van der Waals surface area contributed by atoms with Gasteiger partial charge in [-0.05, 0) is 13.2 Å². The molecule has 0 saturated heterocycles. The second kappa shape index (κ2) is 4.88. The SMILES string of the molecule is CCOc1nc(C(F)(F)F)nc2nc(SC)sc12. The van der Waals surface area contributed by atoms with E-state index in [2.05, 4.69) is 15.0 Å². The number of thiazole rings is 1. The highest BCUT2D eigenvalue weighted by atomic mass is 32.2. The molecule has 2 heterocycles. The summed E-state index contributed by atoms with van der Waals surface area (Å²) in [4.78, 5) is 10.8. The van der Waals surface area contributed by atoms with Gasteiger partial charge in [-0.15, -0.1) is 11.3 Å². The molecule has 2 aromatic heterocycles. The van der Waals surface area contributed by atoms with E-state index in [0.717, 1.165) is 0 Å². The number of ether oxygens (including phenoxy) is 1. The van der Waals surface area contributed by atoms with Crippen LogP contribution in [0, 0.1) is 0 Å². The maximum atomic E-state index is 12.6. The summed E-state index contributed by atoms with van der Waals surface area (Å²) >= 11 is 2.56. The standard InChI is InChI=1S/C9H8F3N3OS2/c1-3-16-6-4-5(14-8(17-2)18-4)13-7(15-6)9(10,11)12/h3H2,1-2H3. The second-order valence-corrected chi connectivity index (χ2v) is 5.17. The number of hydrogen-bond acceptors (Lipinski definition) is 6. The summed E-state index contributed by atoms with van der Waals surface area (Å²) in [5, 5.41) is 0. The van der Waals surface area contributed by atoms with Gasteiger partial charge in [0.25, 0.3) is 0 Å². The Hall–Kier alpha value is -1.09. The van der Waals surface area contributed by atoms with Crippen molar-refractivity contribution in [2.75, 3.05) is 12.9 Å².